The van der Waals surface area contributed by atoms with Crippen molar-refractivity contribution in [3.63, 3.8) is 0 Å². The van der Waals surface area contributed by atoms with E-state index in [1.807, 2.05) is 13.0 Å². The highest BCUT2D eigenvalue weighted by Gasteiger charge is 2.53. The van der Waals surface area contributed by atoms with E-state index in [0.29, 0.717) is 17.6 Å². The first-order valence-corrected chi connectivity index (χ1v) is 9.63. The monoisotopic (exact) mass is 326 g/mol. The molecule has 1 N–H and O–H groups in total. The Bertz CT molecular complexity index is 680. The Morgan fingerprint density at radius 1 is 1.29 bits per heavy atom. The van der Waals surface area contributed by atoms with Crippen molar-refractivity contribution in [3.05, 3.63) is 34.9 Å². The van der Waals surface area contributed by atoms with Gasteiger partial charge in [0.1, 0.15) is 0 Å². The number of hydrogen-bond donors (Lipinski definition) is 1. The van der Waals surface area contributed by atoms with Crippen molar-refractivity contribution in [1.82, 2.24) is 0 Å². The zero-order valence-corrected chi connectivity index (χ0v) is 15.4. The van der Waals surface area contributed by atoms with Gasteiger partial charge in [0.05, 0.1) is 6.10 Å². The molecule has 0 amide bonds. The van der Waals surface area contributed by atoms with Gasteiger partial charge in [-0.3, -0.25) is 4.79 Å². The van der Waals surface area contributed by atoms with Crippen LogP contribution in [0.2, 0.25) is 0 Å². The lowest BCUT2D eigenvalue weighted by Gasteiger charge is -2.52. The molecule has 2 unspecified atom stereocenters. The van der Waals surface area contributed by atoms with Gasteiger partial charge in [-0.25, -0.2) is 0 Å². The average Bonchev–Trinajstić information content (AvgIpc) is 2.89. The second-order valence-corrected chi connectivity index (χ2v) is 9.03. The third-order valence-electron chi connectivity index (χ3n) is 7.95. The minimum Gasteiger partial charge on any atom is -0.393 e. The average molecular weight is 326 g/mol. The molecule has 0 aromatic heterocycles. The zero-order valence-electron chi connectivity index (χ0n) is 15.4. The van der Waals surface area contributed by atoms with Crippen molar-refractivity contribution in [3.8, 4) is 0 Å². The van der Waals surface area contributed by atoms with Crippen molar-refractivity contribution in [2.24, 2.45) is 28.6 Å². The minimum absolute atomic E-state index is 0.0476. The minimum atomic E-state index is -0.245. The molecule has 4 rings (SSSR count). The molecule has 0 spiro atoms. The summed E-state index contributed by atoms with van der Waals surface area (Å²) in [4.78, 5) is 12.2. The van der Waals surface area contributed by atoms with E-state index in [4.69, 9.17) is 0 Å². The van der Waals surface area contributed by atoms with Crippen molar-refractivity contribution in [2.75, 3.05) is 0 Å². The van der Waals surface area contributed by atoms with Crippen molar-refractivity contribution in [1.29, 1.82) is 0 Å². The molecule has 6 atom stereocenters. The van der Waals surface area contributed by atoms with E-state index in [0.717, 1.165) is 32.1 Å². The number of carbonyl (C=O) groups is 1. The summed E-state index contributed by atoms with van der Waals surface area (Å²) in [6, 6.07) is 0. The quantitative estimate of drug-likeness (QED) is 0.764. The molecule has 0 bridgehead atoms. The number of ketones is 1. The Balaban J connectivity index is 1.79. The Morgan fingerprint density at radius 2 is 2.04 bits per heavy atom. The van der Waals surface area contributed by atoms with Crippen LogP contribution in [0, 0.1) is 28.6 Å². The largest absolute Gasteiger partial charge is 0.393 e. The molecule has 2 heteroatoms. The Morgan fingerprint density at radius 3 is 2.75 bits per heavy atom. The van der Waals surface area contributed by atoms with E-state index < -0.39 is 0 Å². The first-order chi connectivity index (χ1) is 11.3. The molecule has 0 heterocycles. The SMILES string of the molecule is CC1C(=O)C=C[C@]2(C)C3=C(CCC12)C1=CC[C@H]([C@H](C)O)[C@@]1(C)CC3. The first kappa shape index (κ1) is 16.3. The molecule has 4 aliphatic rings. The third-order valence-corrected chi connectivity index (χ3v) is 7.95. The molecule has 0 radical (unpaired) electrons. The van der Waals surface area contributed by atoms with Crippen molar-refractivity contribution >= 4 is 5.78 Å². The molecule has 130 valence electrons. The lowest BCUT2D eigenvalue weighted by Crippen LogP contribution is -2.44. The second kappa shape index (κ2) is 5.17. The normalized spacial score (nSPS) is 45.5. The summed E-state index contributed by atoms with van der Waals surface area (Å²) in [6.07, 6.45) is 11.7. The maximum Gasteiger partial charge on any atom is 0.158 e. The predicted octanol–water partition coefficient (Wildman–Crippen LogP) is 4.60. The molecular weight excluding hydrogens is 296 g/mol. The summed E-state index contributed by atoms with van der Waals surface area (Å²) in [7, 11) is 0. The van der Waals surface area contributed by atoms with Crippen LogP contribution in [0.4, 0.5) is 0 Å². The topological polar surface area (TPSA) is 37.3 Å². The molecule has 0 fully saturated rings. The van der Waals surface area contributed by atoms with E-state index in [-0.39, 0.29) is 22.9 Å². The third kappa shape index (κ3) is 1.95. The Hall–Kier alpha value is -1.15. The smallest absolute Gasteiger partial charge is 0.158 e. The van der Waals surface area contributed by atoms with Crippen LogP contribution in [-0.4, -0.2) is 17.0 Å². The number of aliphatic hydroxyl groups is 1. The molecule has 0 aromatic carbocycles. The maximum absolute atomic E-state index is 12.2. The summed E-state index contributed by atoms with van der Waals surface area (Å²) >= 11 is 0. The maximum atomic E-state index is 12.2. The van der Waals surface area contributed by atoms with Crippen LogP contribution in [-0.2, 0) is 4.79 Å². The highest BCUT2D eigenvalue weighted by atomic mass is 16.3. The van der Waals surface area contributed by atoms with E-state index in [2.05, 4.69) is 32.9 Å². The van der Waals surface area contributed by atoms with Gasteiger partial charge in [0.25, 0.3) is 0 Å². The summed E-state index contributed by atoms with van der Waals surface area (Å²) in [6.45, 7) is 8.79. The standard InChI is InChI=1S/C22H30O2/c1-13-16-6-5-15-18-8-7-17(14(2)23)22(18,4)11-9-19(15)21(16,3)12-10-20(13)24/h8,10,12-14,16-17,23H,5-7,9,11H2,1-4H3/t13?,14-,16?,17+,21-,22+/m0/s1. The van der Waals surface area contributed by atoms with Gasteiger partial charge < -0.3 is 5.11 Å². The number of fused-ring (bicyclic) bond motifs is 4. The molecule has 0 aliphatic heterocycles. The summed E-state index contributed by atoms with van der Waals surface area (Å²) in [5, 5.41) is 10.3. The fourth-order valence-corrected chi connectivity index (χ4v) is 6.46. The van der Waals surface area contributed by atoms with Crippen LogP contribution in [0.1, 0.15) is 59.8 Å². The van der Waals surface area contributed by atoms with E-state index in [1.165, 1.54) is 5.57 Å². The van der Waals surface area contributed by atoms with Crippen LogP contribution in [0.25, 0.3) is 0 Å². The van der Waals surface area contributed by atoms with Crippen molar-refractivity contribution in [2.45, 2.75) is 65.9 Å². The van der Waals surface area contributed by atoms with Gasteiger partial charge >= 0.3 is 0 Å². The van der Waals surface area contributed by atoms with Gasteiger partial charge in [0.2, 0.25) is 0 Å². The molecule has 2 nitrogen and oxygen atoms in total. The van der Waals surface area contributed by atoms with Gasteiger partial charge in [-0.15, -0.1) is 0 Å². The van der Waals surface area contributed by atoms with E-state index in [9.17, 15) is 9.90 Å². The van der Waals surface area contributed by atoms with Gasteiger partial charge in [-0.2, -0.15) is 0 Å². The number of rotatable bonds is 1. The molecular formula is C22H30O2. The van der Waals surface area contributed by atoms with Crippen LogP contribution >= 0.6 is 0 Å². The highest BCUT2D eigenvalue weighted by molar-refractivity contribution is 5.93. The highest BCUT2D eigenvalue weighted by Crippen LogP contribution is 2.62. The first-order valence-electron chi connectivity index (χ1n) is 9.63. The van der Waals surface area contributed by atoms with Crippen LogP contribution in [0.3, 0.4) is 0 Å². The van der Waals surface area contributed by atoms with Gasteiger partial charge in [-0.05, 0) is 73.5 Å². The van der Waals surface area contributed by atoms with Gasteiger partial charge in [-0.1, -0.05) is 38.5 Å². The van der Waals surface area contributed by atoms with Crippen LogP contribution in [0.5, 0.6) is 0 Å². The summed E-state index contributed by atoms with van der Waals surface area (Å²) in [5.41, 5.74) is 4.86. The van der Waals surface area contributed by atoms with Crippen LogP contribution in [0.15, 0.2) is 34.9 Å². The molecule has 0 saturated carbocycles. The molecule has 0 saturated heterocycles. The van der Waals surface area contributed by atoms with Crippen LogP contribution < -0.4 is 0 Å². The van der Waals surface area contributed by atoms with E-state index >= 15 is 0 Å². The molecule has 4 aliphatic carbocycles. The summed E-state index contributed by atoms with van der Waals surface area (Å²) in [5.74, 6) is 1.25. The van der Waals surface area contributed by atoms with E-state index in [1.54, 1.807) is 11.1 Å². The van der Waals surface area contributed by atoms with Crippen molar-refractivity contribution < 1.29 is 9.90 Å². The predicted molar refractivity (Wildman–Crippen MR) is 96.4 cm³/mol. The number of hydrogen-bond acceptors (Lipinski definition) is 2. The number of carbonyl (C=O) groups excluding carboxylic acids is 1. The fraction of sp³-hybridized carbons (Fsp3) is 0.682. The second-order valence-electron chi connectivity index (χ2n) is 9.03. The molecule has 24 heavy (non-hydrogen) atoms. The van der Waals surface area contributed by atoms with Gasteiger partial charge in [0.15, 0.2) is 5.78 Å². The Labute approximate surface area is 145 Å². The number of allylic oxidation sites excluding steroid dienone is 6. The zero-order chi connectivity index (χ0) is 17.3. The lowest BCUT2D eigenvalue weighted by atomic mass is 9.52. The molecule has 0 aromatic rings. The lowest BCUT2D eigenvalue weighted by molar-refractivity contribution is -0.121. The Kier molecular flexibility index (Phi) is 3.52. The fourth-order valence-electron chi connectivity index (χ4n) is 6.46. The van der Waals surface area contributed by atoms with Gasteiger partial charge in [0, 0.05) is 11.3 Å². The number of aliphatic hydroxyl groups excluding tert-OH is 1. The summed E-state index contributed by atoms with van der Waals surface area (Å²) < 4.78 is 0.